The van der Waals surface area contributed by atoms with Gasteiger partial charge in [0.1, 0.15) is 21.5 Å². The maximum Gasteiger partial charge on any atom is 0.212 e. The Labute approximate surface area is 361 Å². The zero-order valence-corrected chi connectivity index (χ0v) is 37.0. The van der Waals surface area contributed by atoms with Gasteiger partial charge in [-0.2, -0.15) is 4.58 Å². The van der Waals surface area contributed by atoms with E-state index in [1.807, 2.05) is 60.7 Å². The van der Waals surface area contributed by atoms with Gasteiger partial charge >= 0.3 is 0 Å². The van der Waals surface area contributed by atoms with Crippen LogP contribution in [0.25, 0.3) is 33.4 Å². The molecule has 0 fully saturated rings. The van der Waals surface area contributed by atoms with E-state index in [1.54, 1.807) is 41.7 Å². The molecule has 0 unspecified atom stereocenters. The zero-order valence-electron chi connectivity index (χ0n) is 34.5. The second-order valence-electron chi connectivity index (χ2n) is 15.3. The van der Waals surface area contributed by atoms with Crippen LogP contribution in [-0.4, -0.2) is 24.7 Å². The SMILES string of the molecule is Cc1cc(C)c(N(CSc2ccccc2)c2ccc3c(-c4ccccc4S(=O)(=O)[O-])c4cc/c(=[N+](/CSc5ccccc5)c5c(C)cc(C)cc5C)cc-4oc3c2)c(C)c1. The fraction of sp³-hybridized carbons (Fsp3) is 0.157. The van der Waals surface area contributed by atoms with Gasteiger partial charge in [0, 0.05) is 66.5 Å². The second-order valence-corrected chi connectivity index (χ2v) is 18.7. The molecule has 0 saturated heterocycles. The molecule has 2 aliphatic rings. The van der Waals surface area contributed by atoms with E-state index >= 15 is 0 Å². The summed E-state index contributed by atoms with van der Waals surface area (Å²) >= 11 is 3.50. The fourth-order valence-electron chi connectivity index (χ4n) is 8.43. The Morgan fingerprint density at radius 1 is 0.617 bits per heavy atom. The Kier molecular flexibility index (Phi) is 11.8. The maximum absolute atomic E-state index is 12.9. The van der Waals surface area contributed by atoms with Gasteiger partial charge in [-0.05, 0) is 113 Å². The molecule has 60 heavy (non-hydrogen) atoms. The third-order valence-corrected chi connectivity index (χ3v) is 13.6. The molecule has 9 heteroatoms. The topological polar surface area (TPSA) is 76.6 Å². The molecular weight excluding hydrogens is 801 g/mol. The Balaban J connectivity index is 1.40. The highest BCUT2D eigenvalue weighted by molar-refractivity contribution is 7.99. The summed E-state index contributed by atoms with van der Waals surface area (Å²) in [6.07, 6.45) is 0. The molecule has 0 amide bonds. The van der Waals surface area contributed by atoms with Gasteiger partial charge in [0.25, 0.3) is 0 Å². The molecule has 8 rings (SSSR count). The van der Waals surface area contributed by atoms with Crippen molar-refractivity contribution in [2.45, 2.75) is 56.2 Å². The number of thioether (sulfide) groups is 2. The van der Waals surface area contributed by atoms with E-state index in [0.717, 1.165) is 54.5 Å². The quantitative estimate of drug-likeness (QED) is 0.0422. The first-order chi connectivity index (χ1) is 28.9. The van der Waals surface area contributed by atoms with Crippen LogP contribution >= 0.6 is 23.5 Å². The van der Waals surface area contributed by atoms with E-state index in [-0.39, 0.29) is 4.90 Å². The molecule has 1 aliphatic heterocycles. The molecule has 1 heterocycles. The van der Waals surface area contributed by atoms with Gasteiger partial charge < -0.3 is 13.9 Å². The molecule has 302 valence electrons. The molecule has 6 aromatic rings. The van der Waals surface area contributed by atoms with Crippen molar-refractivity contribution in [3.8, 4) is 22.5 Å². The number of fused-ring (bicyclic) bond motifs is 2. The summed E-state index contributed by atoms with van der Waals surface area (Å²) in [5.41, 5.74) is 12.4. The highest BCUT2D eigenvalue weighted by atomic mass is 32.2. The van der Waals surface area contributed by atoms with Gasteiger partial charge in [-0.1, -0.05) is 89.6 Å². The van der Waals surface area contributed by atoms with Crippen molar-refractivity contribution in [1.29, 1.82) is 0 Å². The van der Waals surface area contributed by atoms with Crippen molar-refractivity contribution in [3.05, 3.63) is 184 Å². The molecule has 0 N–H and O–H groups in total. The highest BCUT2D eigenvalue weighted by Crippen LogP contribution is 2.44. The molecule has 0 radical (unpaired) electrons. The fourth-order valence-corrected chi connectivity index (χ4v) is 10.9. The third-order valence-electron chi connectivity index (χ3n) is 10.8. The van der Waals surface area contributed by atoms with Gasteiger partial charge in [-0.25, -0.2) is 8.42 Å². The maximum atomic E-state index is 12.9. The van der Waals surface area contributed by atoms with Crippen LogP contribution in [0.4, 0.5) is 17.1 Å². The summed E-state index contributed by atoms with van der Waals surface area (Å²) in [7, 11) is -4.83. The molecule has 0 atom stereocenters. The third kappa shape index (κ3) is 8.54. The van der Waals surface area contributed by atoms with Crippen molar-refractivity contribution in [2.75, 3.05) is 16.7 Å². The Morgan fingerprint density at radius 3 is 1.83 bits per heavy atom. The molecule has 1 aliphatic carbocycles. The molecular formula is C51H46N2O4S3. The molecule has 0 aromatic heterocycles. The lowest BCUT2D eigenvalue weighted by atomic mass is 9.93. The second kappa shape index (κ2) is 17.2. The molecule has 0 spiro atoms. The Hall–Kier alpha value is -5.58. The van der Waals surface area contributed by atoms with E-state index in [2.05, 4.69) is 112 Å². The predicted octanol–water partition coefficient (Wildman–Crippen LogP) is 12.7. The van der Waals surface area contributed by atoms with Gasteiger partial charge in [0.15, 0.2) is 5.88 Å². The average molecular weight is 847 g/mol. The predicted molar refractivity (Wildman–Crippen MR) is 249 cm³/mol. The summed E-state index contributed by atoms with van der Waals surface area (Å²) in [5, 5.41) is 1.62. The first-order valence-corrected chi connectivity index (χ1v) is 23.2. The molecule has 6 aromatic carbocycles. The number of aryl methyl sites for hydroxylation is 6. The Morgan fingerprint density at radius 2 is 1.20 bits per heavy atom. The standard InChI is InChI=1S/C51H46N2O4S3/c1-33-25-35(3)50(36(4)26-33)52(31-58-41-15-9-7-10-16-41)39-21-23-43-46(29-39)57-47-30-40(22-24-44(47)49(43)45-19-13-14-20-48(45)60(54,55)56)53(32-59-42-17-11-8-12-18-42)51-37(5)27-34(2)28-38(51)6/h7-30H,31-32H2,1-6H3. The van der Waals surface area contributed by atoms with E-state index in [0.29, 0.717) is 45.2 Å². The van der Waals surface area contributed by atoms with E-state index < -0.39 is 10.1 Å². The number of hydrogen-bond donors (Lipinski definition) is 0. The summed E-state index contributed by atoms with van der Waals surface area (Å²) in [6, 6.07) is 48.2. The average Bonchev–Trinajstić information content (AvgIpc) is 3.21. The Bertz CT molecular complexity index is 2990. The zero-order chi connectivity index (χ0) is 42.1. The largest absolute Gasteiger partial charge is 0.744 e. The summed E-state index contributed by atoms with van der Waals surface area (Å²) < 4.78 is 47.9. The van der Waals surface area contributed by atoms with Gasteiger partial charge in [-0.15, -0.1) is 11.8 Å². The van der Waals surface area contributed by atoms with Crippen LogP contribution in [0.3, 0.4) is 0 Å². The van der Waals surface area contributed by atoms with Gasteiger partial charge in [0.2, 0.25) is 11.0 Å². The van der Waals surface area contributed by atoms with Crippen molar-refractivity contribution in [1.82, 2.24) is 4.58 Å². The van der Waals surface area contributed by atoms with Crippen LogP contribution in [0.15, 0.2) is 165 Å². The first-order valence-electron chi connectivity index (χ1n) is 19.8. The number of nitrogens with zero attached hydrogens (tertiary/aromatic N) is 2. The van der Waals surface area contributed by atoms with E-state index in [9.17, 15) is 13.0 Å². The van der Waals surface area contributed by atoms with Gasteiger partial charge in [0.05, 0.1) is 16.8 Å². The lowest BCUT2D eigenvalue weighted by Gasteiger charge is -2.29. The van der Waals surface area contributed by atoms with Crippen molar-refractivity contribution in [2.24, 2.45) is 0 Å². The molecule has 0 saturated carbocycles. The molecule has 6 nitrogen and oxygen atoms in total. The number of anilines is 2. The van der Waals surface area contributed by atoms with Crippen molar-refractivity contribution >= 4 is 61.7 Å². The van der Waals surface area contributed by atoms with Crippen molar-refractivity contribution < 1.29 is 17.4 Å². The van der Waals surface area contributed by atoms with Crippen LogP contribution in [0.1, 0.15) is 33.4 Å². The van der Waals surface area contributed by atoms with Crippen LogP contribution in [0.5, 0.6) is 0 Å². The van der Waals surface area contributed by atoms with E-state index in [4.69, 9.17) is 4.42 Å². The number of benzene rings is 7. The minimum absolute atomic E-state index is 0.273. The summed E-state index contributed by atoms with van der Waals surface area (Å²) in [5.74, 6) is 1.83. The van der Waals surface area contributed by atoms with Crippen molar-refractivity contribution in [3.63, 3.8) is 0 Å². The van der Waals surface area contributed by atoms with Crippen LogP contribution in [0, 0.1) is 41.5 Å². The van der Waals surface area contributed by atoms with Crippen LogP contribution < -0.4 is 14.8 Å². The lowest BCUT2D eigenvalue weighted by molar-refractivity contribution is 0.463. The minimum Gasteiger partial charge on any atom is -0.744 e. The van der Waals surface area contributed by atoms with Crippen LogP contribution in [-0.2, 0) is 10.1 Å². The van der Waals surface area contributed by atoms with Crippen LogP contribution in [0.2, 0.25) is 0 Å². The lowest BCUT2D eigenvalue weighted by Crippen LogP contribution is -2.26. The first kappa shape index (κ1) is 41.2. The smallest absolute Gasteiger partial charge is 0.212 e. The number of hydrogen-bond acceptors (Lipinski definition) is 7. The summed E-state index contributed by atoms with van der Waals surface area (Å²) in [4.78, 5) is 4.35. The highest BCUT2D eigenvalue weighted by Gasteiger charge is 2.25. The summed E-state index contributed by atoms with van der Waals surface area (Å²) in [6.45, 7) is 12.8. The minimum atomic E-state index is -4.83. The van der Waals surface area contributed by atoms with E-state index in [1.165, 1.54) is 17.2 Å². The normalized spacial score (nSPS) is 12.2. The monoisotopic (exact) mass is 846 g/mol. The van der Waals surface area contributed by atoms with Gasteiger partial charge in [-0.3, -0.25) is 0 Å². The molecule has 0 bridgehead atoms. The number of rotatable bonds is 11.